The number of nitrogens with zero attached hydrogens (tertiary/aromatic N) is 3. The van der Waals surface area contributed by atoms with Crippen LogP contribution in [0, 0.1) is 0 Å². The summed E-state index contributed by atoms with van der Waals surface area (Å²) in [6.45, 7) is -2.17. The van der Waals surface area contributed by atoms with Crippen molar-refractivity contribution in [2.75, 3.05) is 18.4 Å². The second-order valence-corrected chi connectivity index (χ2v) is 9.12. The van der Waals surface area contributed by atoms with Crippen LogP contribution in [0.3, 0.4) is 0 Å². The topological polar surface area (TPSA) is 100 Å². The van der Waals surface area contributed by atoms with Gasteiger partial charge in [0.15, 0.2) is 10.9 Å². The van der Waals surface area contributed by atoms with Gasteiger partial charge in [0.25, 0.3) is 0 Å². The Balaban J connectivity index is 1.26. The third-order valence-corrected chi connectivity index (χ3v) is 6.72. The highest BCUT2D eigenvalue weighted by Crippen LogP contribution is 2.33. The lowest BCUT2D eigenvalue weighted by molar-refractivity contribution is -0.144. The Morgan fingerprint density at radius 1 is 1.17 bits per heavy atom. The molecule has 0 bridgehead atoms. The van der Waals surface area contributed by atoms with Gasteiger partial charge in [0.2, 0.25) is 0 Å². The van der Waals surface area contributed by atoms with Crippen LogP contribution in [0.4, 0.5) is 13.9 Å². The van der Waals surface area contributed by atoms with Gasteiger partial charge in [-0.15, -0.1) is 0 Å². The predicted octanol–water partition coefficient (Wildman–Crippen LogP) is 4.63. The minimum atomic E-state index is -2.99. The molecule has 1 saturated heterocycles. The molecule has 1 fully saturated rings. The number of rotatable bonds is 5. The number of carbonyl (C=O) groups is 2. The summed E-state index contributed by atoms with van der Waals surface area (Å²) in [4.78, 5) is 39.1. The van der Waals surface area contributed by atoms with Crippen molar-refractivity contribution in [3.63, 3.8) is 0 Å². The number of aromatic nitrogens is 3. The van der Waals surface area contributed by atoms with Crippen molar-refractivity contribution in [1.82, 2.24) is 19.9 Å². The first kappa shape index (κ1) is 22.9. The van der Waals surface area contributed by atoms with E-state index in [4.69, 9.17) is 0 Å². The number of hydrogen-bond acceptors (Lipinski definition) is 6. The van der Waals surface area contributed by atoms with Gasteiger partial charge in [-0.1, -0.05) is 47.7 Å². The number of nitrogens with one attached hydrogen (secondary N) is 2. The second-order valence-electron chi connectivity index (χ2n) is 8.09. The van der Waals surface area contributed by atoms with Crippen molar-refractivity contribution < 1.29 is 23.1 Å². The first-order valence-electron chi connectivity index (χ1n) is 11.0. The number of amides is 2. The summed E-state index contributed by atoms with van der Waals surface area (Å²) in [6.07, 6.45) is 3.36. The maximum Gasteiger partial charge on any atom is 0.387 e. The Morgan fingerprint density at radius 2 is 2.00 bits per heavy atom. The Kier molecular flexibility index (Phi) is 6.41. The van der Waals surface area contributed by atoms with Gasteiger partial charge in [0, 0.05) is 19.0 Å². The quantitative estimate of drug-likeness (QED) is 0.392. The molecule has 5 rings (SSSR count). The lowest BCUT2D eigenvalue weighted by atomic mass is 9.97. The van der Waals surface area contributed by atoms with Gasteiger partial charge < -0.3 is 14.6 Å². The molecule has 2 aromatic heterocycles. The largest absolute Gasteiger partial charge is 0.432 e. The molecule has 2 aromatic carbocycles. The van der Waals surface area contributed by atoms with Crippen LogP contribution in [-0.2, 0) is 9.59 Å². The fourth-order valence-corrected chi connectivity index (χ4v) is 5.03. The van der Waals surface area contributed by atoms with E-state index in [1.807, 2.05) is 30.3 Å². The molecule has 1 aliphatic heterocycles. The number of hydrogen-bond donors (Lipinski definition) is 2. The summed E-state index contributed by atoms with van der Waals surface area (Å²) >= 11 is 1.08. The number of para-hydroxylation sites is 1. The zero-order valence-corrected chi connectivity index (χ0v) is 19.2. The van der Waals surface area contributed by atoms with E-state index in [1.165, 1.54) is 11.0 Å². The lowest BCUT2D eigenvalue weighted by Crippen LogP contribution is -2.44. The number of H-pyrrole nitrogens is 1. The van der Waals surface area contributed by atoms with Crippen molar-refractivity contribution in [2.24, 2.45) is 0 Å². The number of benzene rings is 2. The van der Waals surface area contributed by atoms with E-state index < -0.39 is 18.4 Å². The molecule has 0 radical (unpaired) electrons. The third-order valence-electron chi connectivity index (χ3n) is 5.79. The van der Waals surface area contributed by atoms with E-state index in [2.05, 4.69) is 25.0 Å². The molecule has 0 spiro atoms. The van der Waals surface area contributed by atoms with Crippen LogP contribution in [-0.4, -0.2) is 51.4 Å². The van der Waals surface area contributed by atoms with E-state index in [9.17, 15) is 18.4 Å². The lowest BCUT2D eigenvalue weighted by Gasteiger charge is -2.31. The SMILES string of the molecule is O=C(Nc1nc2c(OC(F)F)cccc2s1)C(=O)N1CCCC(c2ncc(-c3ccccc3)[nH]2)C1. The van der Waals surface area contributed by atoms with Crippen molar-refractivity contribution in [3.8, 4) is 17.0 Å². The minimum Gasteiger partial charge on any atom is -0.432 e. The van der Waals surface area contributed by atoms with Gasteiger partial charge in [0.1, 0.15) is 11.3 Å². The van der Waals surface area contributed by atoms with Crippen LogP contribution in [0.15, 0.2) is 54.7 Å². The average molecular weight is 498 g/mol. The molecule has 11 heteroatoms. The number of fused-ring (bicyclic) bond motifs is 1. The third kappa shape index (κ3) is 4.99. The van der Waals surface area contributed by atoms with Crippen molar-refractivity contribution >= 4 is 38.5 Å². The first-order chi connectivity index (χ1) is 17.0. The molecular weight excluding hydrogens is 476 g/mol. The van der Waals surface area contributed by atoms with Gasteiger partial charge in [-0.2, -0.15) is 8.78 Å². The molecule has 2 N–H and O–H groups in total. The molecular formula is C24H21F2N5O3S. The zero-order chi connectivity index (χ0) is 24.4. The average Bonchev–Trinajstić information content (AvgIpc) is 3.52. The highest BCUT2D eigenvalue weighted by molar-refractivity contribution is 7.22. The van der Waals surface area contributed by atoms with Crippen molar-refractivity contribution in [2.45, 2.75) is 25.4 Å². The van der Waals surface area contributed by atoms with Gasteiger partial charge in [-0.25, -0.2) is 9.97 Å². The highest BCUT2D eigenvalue weighted by atomic mass is 32.1. The molecule has 180 valence electrons. The van der Waals surface area contributed by atoms with Gasteiger partial charge in [0.05, 0.1) is 16.6 Å². The number of piperidine rings is 1. The summed E-state index contributed by atoms with van der Waals surface area (Å²) in [6, 6.07) is 14.4. The number of carbonyl (C=O) groups excluding carboxylic acids is 2. The van der Waals surface area contributed by atoms with Crippen LogP contribution in [0.1, 0.15) is 24.6 Å². The Morgan fingerprint density at radius 3 is 2.80 bits per heavy atom. The predicted molar refractivity (Wildman–Crippen MR) is 127 cm³/mol. The molecule has 0 aliphatic carbocycles. The highest BCUT2D eigenvalue weighted by Gasteiger charge is 2.30. The van der Waals surface area contributed by atoms with Crippen LogP contribution in [0.25, 0.3) is 21.5 Å². The molecule has 1 unspecified atom stereocenters. The molecule has 2 amide bonds. The van der Waals surface area contributed by atoms with Gasteiger partial charge >= 0.3 is 18.4 Å². The number of ether oxygens (including phenoxy) is 1. The number of alkyl halides is 2. The number of halogens is 2. The number of thiazole rings is 1. The van der Waals surface area contributed by atoms with E-state index in [1.54, 1.807) is 18.3 Å². The summed E-state index contributed by atoms with van der Waals surface area (Å²) in [5, 5.41) is 2.63. The molecule has 8 nitrogen and oxygen atoms in total. The smallest absolute Gasteiger partial charge is 0.387 e. The van der Waals surface area contributed by atoms with Crippen molar-refractivity contribution in [3.05, 3.63) is 60.6 Å². The number of likely N-dealkylation sites (tertiary alicyclic amines) is 1. The first-order valence-corrected chi connectivity index (χ1v) is 11.8. The number of imidazole rings is 1. The minimum absolute atomic E-state index is 0.0190. The summed E-state index contributed by atoms with van der Waals surface area (Å²) in [7, 11) is 0. The molecule has 3 heterocycles. The maximum atomic E-state index is 12.9. The molecule has 1 aliphatic rings. The molecule has 0 saturated carbocycles. The van der Waals surface area contributed by atoms with Crippen LogP contribution in [0.2, 0.25) is 0 Å². The molecule has 35 heavy (non-hydrogen) atoms. The summed E-state index contributed by atoms with van der Waals surface area (Å²) < 4.78 is 30.3. The van der Waals surface area contributed by atoms with Gasteiger partial charge in [-0.05, 0) is 30.5 Å². The Labute approximate surface area is 203 Å². The summed E-state index contributed by atoms with van der Waals surface area (Å²) in [5.41, 5.74) is 2.12. The second kappa shape index (κ2) is 9.79. The van der Waals surface area contributed by atoms with Crippen LogP contribution < -0.4 is 10.1 Å². The van der Waals surface area contributed by atoms with Crippen LogP contribution in [0.5, 0.6) is 5.75 Å². The molecule has 4 aromatic rings. The van der Waals surface area contributed by atoms with Crippen LogP contribution >= 0.6 is 11.3 Å². The fourth-order valence-electron chi connectivity index (χ4n) is 4.16. The molecule has 1 atom stereocenters. The van der Waals surface area contributed by atoms with E-state index in [-0.39, 0.29) is 22.3 Å². The summed E-state index contributed by atoms with van der Waals surface area (Å²) in [5.74, 6) is -0.833. The Hall–Kier alpha value is -3.86. The zero-order valence-electron chi connectivity index (χ0n) is 18.4. The van der Waals surface area contributed by atoms with E-state index in [0.717, 1.165) is 41.3 Å². The van der Waals surface area contributed by atoms with E-state index >= 15 is 0 Å². The number of aromatic amines is 1. The van der Waals surface area contributed by atoms with Gasteiger partial charge in [-0.3, -0.25) is 14.9 Å². The monoisotopic (exact) mass is 497 g/mol. The fraction of sp³-hybridized carbons (Fsp3) is 0.250. The normalized spacial score (nSPS) is 16.0. The Bertz CT molecular complexity index is 1360. The standard InChI is InChI=1S/C24H21F2N5O3S/c25-23(26)34-17-9-4-10-18-19(17)29-24(35-18)30-21(32)22(33)31-11-5-8-15(13-31)20-27-12-16(28-20)14-6-2-1-3-7-14/h1-4,6-7,9-10,12,15,23H,5,8,11,13H2,(H,27,28)(H,29,30,32). The van der Waals surface area contributed by atoms with Crippen molar-refractivity contribution in [1.29, 1.82) is 0 Å². The number of anilines is 1. The maximum absolute atomic E-state index is 12.9. The van der Waals surface area contributed by atoms with E-state index in [0.29, 0.717) is 17.8 Å².